The molecular formula is C10H16FN5O. The Hall–Kier alpha value is -1.47. The van der Waals surface area contributed by atoms with Crippen LogP contribution in [0.1, 0.15) is 25.7 Å². The van der Waals surface area contributed by atoms with E-state index in [1.807, 2.05) is 0 Å². The average Bonchev–Trinajstić information content (AvgIpc) is 2.81. The molecule has 1 fully saturated rings. The molecule has 1 aromatic rings. The zero-order valence-corrected chi connectivity index (χ0v) is 9.41. The van der Waals surface area contributed by atoms with Crippen LogP contribution in [0.25, 0.3) is 0 Å². The van der Waals surface area contributed by atoms with Gasteiger partial charge in [0.05, 0.1) is 18.3 Å². The molecule has 0 aromatic carbocycles. The molecule has 94 valence electrons. The number of anilines is 2. The Balaban J connectivity index is 2.22. The predicted octanol–water partition coefficient (Wildman–Crippen LogP) is 0.618. The lowest BCUT2D eigenvalue weighted by atomic mass is 9.99. The number of aliphatic hydroxyl groups is 1. The highest BCUT2D eigenvalue weighted by Crippen LogP contribution is 2.32. The molecule has 0 amide bonds. The lowest BCUT2D eigenvalue weighted by Crippen LogP contribution is -2.39. The monoisotopic (exact) mass is 241 g/mol. The Morgan fingerprint density at radius 1 is 1.47 bits per heavy atom. The van der Waals surface area contributed by atoms with E-state index in [-0.39, 0.29) is 18.4 Å². The number of nitrogens with one attached hydrogen (secondary N) is 2. The summed E-state index contributed by atoms with van der Waals surface area (Å²) >= 11 is 0. The van der Waals surface area contributed by atoms with Crippen LogP contribution in [0, 0.1) is 5.82 Å². The topological polar surface area (TPSA) is 96.1 Å². The lowest BCUT2D eigenvalue weighted by Gasteiger charge is -2.28. The summed E-state index contributed by atoms with van der Waals surface area (Å²) in [5.74, 6) is 4.83. The third-order valence-corrected chi connectivity index (χ3v) is 3.12. The standard InChI is InChI=1S/C10H16FN5O/c11-7-5-13-9(16-12)14-8(7)15-10(6-17)3-1-2-4-10/h5,17H,1-4,6,12H2,(H2,13,14,15,16). The summed E-state index contributed by atoms with van der Waals surface area (Å²) in [6.07, 6.45) is 4.69. The smallest absolute Gasteiger partial charge is 0.239 e. The fraction of sp³-hybridized carbons (Fsp3) is 0.600. The minimum atomic E-state index is -0.552. The largest absolute Gasteiger partial charge is 0.394 e. The maximum atomic E-state index is 13.5. The molecule has 2 rings (SSSR count). The van der Waals surface area contributed by atoms with Gasteiger partial charge in [-0.3, -0.25) is 5.43 Å². The van der Waals surface area contributed by atoms with Crippen LogP contribution in [0.2, 0.25) is 0 Å². The van der Waals surface area contributed by atoms with Gasteiger partial charge in [0.1, 0.15) is 0 Å². The van der Waals surface area contributed by atoms with Crippen molar-refractivity contribution in [3.63, 3.8) is 0 Å². The SMILES string of the molecule is NNc1ncc(F)c(NC2(CO)CCCC2)n1. The number of aromatic nitrogens is 2. The number of aliphatic hydroxyl groups excluding tert-OH is 1. The highest BCUT2D eigenvalue weighted by atomic mass is 19.1. The van der Waals surface area contributed by atoms with Crippen LogP contribution in [-0.2, 0) is 0 Å². The van der Waals surface area contributed by atoms with E-state index in [2.05, 4.69) is 20.7 Å². The zero-order chi connectivity index (χ0) is 12.3. The first kappa shape index (κ1) is 12.0. The first-order valence-corrected chi connectivity index (χ1v) is 5.57. The van der Waals surface area contributed by atoms with Crippen LogP contribution < -0.4 is 16.6 Å². The van der Waals surface area contributed by atoms with Gasteiger partial charge in [-0.25, -0.2) is 15.2 Å². The van der Waals surface area contributed by atoms with Crippen molar-refractivity contribution < 1.29 is 9.50 Å². The molecule has 1 saturated carbocycles. The fourth-order valence-electron chi connectivity index (χ4n) is 2.15. The van der Waals surface area contributed by atoms with E-state index in [0.29, 0.717) is 0 Å². The van der Waals surface area contributed by atoms with Crippen LogP contribution in [0.5, 0.6) is 0 Å². The van der Waals surface area contributed by atoms with Crippen molar-refractivity contribution >= 4 is 11.8 Å². The summed E-state index contributed by atoms with van der Waals surface area (Å²) in [5.41, 5.74) is 1.79. The zero-order valence-electron chi connectivity index (χ0n) is 9.41. The van der Waals surface area contributed by atoms with Crippen molar-refractivity contribution in [3.05, 3.63) is 12.0 Å². The van der Waals surface area contributed by atoms with Crippen LogP contribution in [0.3, 0.4) is 0 Å². The molecule has 5 N–H and O–H groups in total. The maximum absolute atomic E-state index is 13.5. The highest BCUT2D eigenvalue weighted by Gasteiger charge is 2.34. The number of nitrogen functional groups attached to an aromatic ring is 1. The highest BCUT2D eigenvalue weighted by molar-refractivity contribution is 5.43. The van der Waals surface area contributed by atoms with Gasteiger partial charge in [0.25, 0.3) is 0 Å². The minimum Gasteiger partial charge on any atom is -0.394 e. The van der Waals surface area contributed by atoms with E-state index in [4.69, 9.17) is 5.84 Å². The number of hydrazine groups is 1. The molecule has 6 nitrogen and oxygen atoms in total. The van der Waals surface area contributed by atoms with E-state index < -0.39 is 11.4 Å². The van der Waals surface area contributed by atoms with Gasteiger partial charge in [-0.2, -0.15) is 4.98 Å². The van der Waals surface area contributed by atoms with Crippen LogP contribution >= 0.6 is 0 Å². The van der Waals surface area contributed by atoms with Gasteiger partial charge >= 0.3 is 0 Å². The van der Waals surface area contributed by atoms with Gasteiger partial charge in [0, 0.05) is 0 Å². The van der Waals surface area contributed by atoms with E-state index >= 15 is 0 Å². The van der Waals surface area contributed by atoms with Crippen molar-refractivity contribution in [2.75, 3.05) is 17.3 Å². The normalized spacial score (nSPS) is 18.1. The average molecular weight is 241 g/mol. The van der Waals surface area contributed by atoms with E-state index in [0.717, 1.165) is 31.9 Å². The Morgan fingerprint density at radius 3 is 2.76 bits per heavy atom. The second-order valence-corrected chi connectivity index (χ2v) is 4.31. The van der Waals surface area contributed by atoms with Crippen molar-refractivity contribution in [3.8, 4) is 0 Å². The number of halogens is 1. The molecule has 1 aliphatic carbocycles. The minimum absolute atomic E-state index is 0.0399. The fourth-order valence-corrected chi connectivity index (χ4v) is 2.15. The van der Waals surface area contributed by atoms with Gasteiger partial charge in [-0.15, -0.1) is 0 Å². The first-order chi connectivity index (χ1) is 8.19. The summed E-state index contributed by atoms with van der Waals surface area (Å²) in [5, 5.41) is 12.4. The Kier molecular flexibility index (Phi) is 3.39. The van der Waals surface area contributed by atoms with E-state index in [1.54, 1.807) is 0 Å². The van der Waals surface area contributed by atoms with Crippen LogP contribution in [0.15, 0.2) is 6.20 Å². The summed E-state index contributed by atoms with van der Waals surface area (Å²) < 4.78 is 13.5. The molecule has 17 heavy (non-hydrogen) atoms. The van der Waals surface area contributed by atoms with Crippen LogP contribution in [-0.4, -0.2) is 27.2 Å². The molecule has 0 bridgehead atoms. The second kappa shape index (κ2) is 4.80. The van der Waals surface area contributed by atoms with Gasteiger partial charge < -0.3 is 10.4 Å². The van der Waals surface area contributed by atoms with E-state index in [9.17, 15) is 9.50 Å². The summed E-state index contributed by atoms with van der Waals surface area (Å²) in [6.45, 7) is -0.0399. The van der Waals surface area contributed by atoms with Gasteiger partial charge in [-0.05, 0) is 12.8 Å². The van der Waals surface area contributed by atoms with Gasteiger partial charge in [0.15, 0.2) is 11.6 Å². The molecule has 0 unspecified atom stereocenters. The Labute approximate surface area is 98.4 Å². The maximum Gasteiger partial charge on any atom is 0.239 e. The van der Waals surface area contributed by atoms with Crippen molar-refractivity contribution in [2.24, 2.45) is 5.84 Å². The third kappa shape index (κ3) is 2.45. The Bertz CT molecular complexity index is 394. The molecular weight excluding hydrogens is 225 g/mol. The summed E-state index contributed by atoms with van der Waals surface area (Å²) in [6, 6.07) is 0. The van der Waals surface area contributed by atoms with Crippen molar-refractivity contribution in [1.82, 2.24) is 9.97 Å². The molecule has 1 aromatic heterocycles. The van der Waals surface area contributed by atoms with Crippen LogP contribution in [0.4, 0.5) is 16.2 Å². The summed E-state index contributed by atoms with van der Waals surface area (Å²) in [7, 11) is 0. The number of hydrogen-bond acceptors (Lipinski definition) is 6. The van der Waals surface area contributed by atoms with E-state index in [1.165, 1.54) is 0 Å². The van der Waals surface area contributed by atoms with Gasteiger partial charge in [0.2, 0.25) is 5.95 Å². The molecule has 1 aliphatic rings. The number of hydrogen-bond donors (Lipinski definition) is 4. The number of nitrogens with zero attached hydrogens (tertiary/aromatic N) is 2. The second-order valence-electron chi connectivity index (χ2n) is 4.31. The first-order valence-electron chi connectivity index (χ1n) is 5.57. The quantitative estimate of drug-likeness (QED) is 0.456. The Morgan fingerprint density at radius 2 is 2.18 bits per heavy atom. The number of nitrogens with two attached hydrogens (primary N) is 1. The molecule has 0 saturated heterocycles. The summed E-state index contributed by atoms with van der Waals surface area (Å²) in [4.78, 5) is 7.56. The molecule has 0 atom stereocenters. The molecule has 7 heteroatoms. The number of rotatable bonds is 4. The van der Waals surface area contributed by atoms with Crippen molar-refractivity contribution in [2.45, 2.75) is 31.2 Å². The third-order valence-electron chi connectivity index (χ3n) is 3.12. The molecule has 1 heterocycles. The molecule has 0 radical (unpaired) electrons. The molecule has 0 aliphatic heterocycles. The lowest BCUT2D eigenvalue weighted by molar-refractivity contribution is 0.213. The van der Waals surface area contributed by atoms with Gasteiger partial charge in [-0.1, -0.05) is 12.8 Å². The molecule has 0 spiro atoms. The van der Waals surface area contributed by atoms with Crippen molar-refractivity contribution in [1.29, 1.82) is 0 Å². The predicted molar refractivity (Wildman–Crippen MR) is 61.7 cm³/mol.